The number of hydrogen-bond donors (Lipinski definition) is 2. The number of likely N-dealkylation sites (tertiary alicyclic amines) is 1. The third-order valence-corrected chi connectivity index (χ3v) is 7.75. The van der Waals surface area contributed by atoms with Gasteiger partial charge in [0.2, 0.25) is 5.91 Å². The van der Waals surface area contributed by atoms with Crippen LogP contribution in [0.2, 0.25) is 0 Å². The normalized spacial score (nSPS) is 53.7. The molecule has 22 heavy (non-hydrogen) atoms. The zero-order valence-corrected chi connectivity index (χ0v) is 13.4. The van der Waals surface area contributed by atoms with Crippen LogP contribution in [0, 0.1) is 23.2 Å². The lowest BCUT2D eigenvalue weighted by molar-refractivity contribution is -0.167. The van der Waals surface area contributed by atoms with Gasteiger partial charge in [-0.15, -0.1) is 0 Å². The number of aliphatic hydroxyl groups excluding tert-OH is 1. The van der Waals surface area contributed by atoms with Crippen molar-refractivity contribution in [3.05, 3.63) is 0 Å². The van der Waals surface area contributed by atoms with Crippen molar-refractivity contribution >= 4 is 5.91 Å². The summed E-state index contributed by atoms with van der Waals surface area (Å²) in [6.07, 6.45) is 8.91. The summed E-state index contributed by atoms with van der Waals surface area (Å²) in [7, 11) is 0. The Labute approximate surface area is 132 Å². The van der Waals surface area contributed by atoms with Gasteiger partial charge in [-0.3, -0.25) is 4.79 Å². The Hall–Kier alpha value is -0.610. The summed E-state index contributed by atoms with van der Waals surface area (Å²) < 4.78 is 0. The highest BCUT2D eigenvalue weighted by atomic mass is 16.3. The van der Waals surface area contributed by atoms with E-state index < -0.39 is 0 Å². The molecule has 122 valence electrons. The van der Waals surface area contributed by atoms with Crippen LogP contribution in [0.15, 0.2) is 0 Å². The maximum atomic E-state index is 13.3. The fourth-order valence-corrected chi connectivity index (χ4v) is 6.92. The van der Waals surface area contributed by atoms with E-state index >= 15 is 0 Å². The lowest BCUT2D eigenvalue weighted by atomic mass is 9.51. The third-order valence-electron chi connectivity index (χ3n) is 7.75. The molecule has 6 aliphatic rings. The van der Waals surface area contributed by atoms with Gasteiger partial charge in [-0.1, -0.05) is 0 Å². The number of hydrogen-bond acceptors (Lipinski definition) is 3. The molecule has 1 amide bonds. The monoisotopic (exact) mass is 304 g/mol. The predicted molar refractivity (Wildman–Crippen MR) is 83.2 cm³/mol. The Bertz CT molecular complexity index is 483. The van der Waals surface area contributed by atoms with Crippen molar-refractivity contribution in [1.82, 2.24) is 10.2 Å². The van der Waals surface area contributed by atoms with Crippen molar-refractivity contribution in [2.75, 3.05) is 19.6 Å². The lowest BCUT2D eigenvalue weighted by Gasteiger charge is -2.61. The number of piperidine rings is 1. The summed E-state index contributed by atoms with van der Waals surface area (Å²) >= 11 is 0. The molecule has 2 heterocycles. The summed E-state index contributed by atoms with van der Waals surface area (Å²) in [5, 5.41) is 13.9. The van der Waals surface area contributed by atoms with E-state index in [0.717, 1.165) is 57.7 Å². The first-order chi connectivity index (χ1) is 10.6. The maximum Gasteiger partial charge on any atom is 0.230 e. The maximum absolute atomic E-state index is 13.3. The molecule has 6 rings (SSSR count). The molecule has 6 fully saturated rings. The number of nitrogens with zero attached hydrogens (tertiary/aromatic N) is 1. The molecule has 0 aromatic carbocycles. The first-order valence-corrected chi connectivity index (χ1v) is 9.33. The molecule has 2 aliphatic heterocycles. The number of nitrogens with one attached hydrogen (secondary N) is 1. The van der Waals surface area contributed by atoms with Gasteiger partial charge in [0.15, 0.2) is 0 Å². The van der Waals surface area contributed by atoms with E-state index in [1.54, 1.807) is 0 Å². The Morgan fingerprint density at radius 2 is 1.91 bits per heavy atom. The standard InChI is InChI=1S/C18H28N2O2/c21-15-13-6-12-7-14(15)10-18(8-12,9-13)20-5-3-17(16(20)22)2-1-4-19-11-17/h12-15,19,21H,1-11H2. The highest BCUT2D eigenvalue weighted by molar-refractivity contribution is 5.86. The summed E-state index contributed by atoms with van der Waals surface area (Å²) in [5.41, 5.74) is 0.00789. The summed E-state index contributed by atoms with van der Waals surface area (Å²) in [6.45, 7) is 2.92. The fraction of sp³-hybridized carbons (Fsp3) is 0.944. The average molecular weight is 304 g/mol. The molecule has 3 unspecified atom stereocenters. The third kappa shape index (κ3) is 1.68. The predicted octanol–water partition coefficient (Wildman–Crippen LogP) is 1.53. The van der Waals surface area contributed by atoms with E-state index in [4.69, 9.17) is 0 Å². The van der Waals surface area contributed by atoms with Gasteiger partial charge < -0.3 is 15.3 Å². The molecule has 4 aliphatic carbocycles. The van der Waals surface area contributed by atoms with Gasteiger partial charge in [0.25, 0.3) is 0 Å². The van der Waals surface area contributed by atoms with Gasteiger partial charge in [0.05, 0.1) is 11.5 Å². The molecule has 4 saturated carbocycles. The van der Waals surface area contributed by atoms with Crippen molar-refractivity contribution < 1.29 is 9.90 Å². The van der Waals surface area contributed by atoms with E-state index in [2.05, 4.69) is 10.2 Å². The zero-order chi connectivity index (χ0) is 14.9. The highest BCUT2D eigenvalue weighted by Gasteiger charge is 2.61. The first kappa shape index (κ1) is 13.8. The van der Waals surface area contributed by atoms with E-state index in [9.17, 15) is 9.90 Å². The molecule has 0 radical (unpaired) electrons. The van der Waals surface area contributed by atoms with Gasteiger partial charge in [0, 0.05) is 18.6 Å². The van der Waals surface area contributed by atoms with Gasteiger partial charge >= 0.3 is 0 Å². The quantitative estimate of drug-likeness (QED) is 0.772. The van der Waals surface area contributed by atoms with Gasteiger partial charge in [0.1, 0.15) is 0 Å². The smallest absolute Gasteiger partial charge is 0.230 e. The lowest BCUT2D eigenvalue weighted by Crippen LogP contribution is -2.65. The van der Waals surface area contributed by atoms with Gasteiger partial charge in [-0.05, 0) is 75.7 Å². The van der Waals surface area contributed by atoms with Crippen molar-refractivity contribution in [1.29, 1.82) is 0 Å². The molecule has 4 bridgehead atoms. The van der Waals surface area contributed by atoms with Crippen LogP contribution in [0.1, 0.15) is 51.4 Å². The van der Waals surface area contributed by atoms with E-state index in [1.165, 1.54) is 19.3 Å². The van der Waals surface area contributed by atoms with Crippen LogP contribution in [0.5, 0.6) is 0 Å². The Kier molecular flexibility index (Phi) is 2.81. The molecule has 0 aromatic heterocycles. The summed E-state index contributed by atoms with van der Waals surface area (Å²) in [4.78, 5) is 15.6. The van der Waals surface area contributed by atoms with Crippen LogP contribution in [0.25, 0.3) is 0 Å². The molecule has 2 N–H and O–H groups in total. The van der Waals surface area contributed by atoms with Crippen molar-refractivity contribution in [3.8, 4) is 0 Å². The SMILES string of the molecule is O=C1N(C23CC4CC(C2)C(O)C(C4)C3)CCC12CCCNC2. The van der Waals surface area contributed by atoms with Gasteiger partial charge in [-0.25, -0.2) is 0 Å². The second-order valence-corrected chi connectivity index (χ2v) is 8.95. The molecule has 3 atom stereocenters. The molecule has 2 saturated heterocycles. The molecule has 4 heteroatoms. The highest BCUT2D eigenvalue weighted by Crippen LogP contribution is 2.59. The second kappa shape index (κ2) is 4.47. The van der Waals surface area contributed by atoms with Crippen LogP contribution in [-0.4, -0.2) is 47.2 Å². The average Bonchev–Trinajstić information content (AvgIpc) is 2.82. The minimum Gasteiger partial charge on any atom is -0.393 e. The van der Waals surface area contributed by atoms with Crippen LogP contribution in [0.3, 0.4) is 0 Å². The minimum atomic E-state index is -0.0970. The van der Waals surface area contributed by atoms with Crippen LogP contribution in [0.4, 0.5) is 0 Å². The second-order valence-electron chi connectivity index (χ2n) is 8.95. The number of rotatable bonds is 1. The van der Waals surface area contributed by atoms with Gasteiger partial charge in [-0.2, -0.15) is 0 Å². The summed E-state index contributed by atoms with van der Waals surface area (Å²) in [5.74, 6) is 2.12. The zero-order valence-electron chi connectivity index (χ0n) is 13.4. The molecular weight excluding hydrogens is 276 g/mol. The largest absolute Gasteiger partial charge is 0.393 e. The number of amides is 1. The van der Waals surface area contributed by atoms with E-state index in [1.807, 2.05) is 0 Å². The number of carbonyl (C=O) groups is 1. The molecular formula is C18H28N2O2. The Morgan fingerprint density at radius 3 is 2.59 bits per heavy atom. The van der Waals surface area contributed by atoms with Crippen molar-refractivity contribution in [3.63, 3.8) is 0 Å². The Balaban J connectivity index is 1.44. The van der Waals surface area contributed by atoms with Crippen LogP contribution in [-0.2, 0) is 4.79 Å². The van der Waals surface area contributed by atoms with Crippen molar-refractivity contribution in [2.45, 2.75) is 63.0 Å². The first-order valence-electron chi connectivity index (χ1n) is 9.33. The number of carbonyl (C=O) groups excluding carboxylic acids is 1. The fourth-order valence-electron chi connectivity index (χ4n) is 6.92. The topological polar surface area (TPSA) is 52.6 Å². The number of aliphatic hydroxyl groups is 1. The molecule has 0 aromatic rings. The minimum absolute atomic E-state index is 0.0901. The van der Waals surface area contributed by atoms with E-state index in [-0.39, 0.29) is 17.1 Å². The molecule has 1 spiro atoms. The Morgan fingerprint density at radius 1 is 1.14 bits per heavy atom. The van der Waals surface area contributed by atoms with Crippen molar-refractivity contribution in [2.24, 2.45) is 23.2 Å². The van der Waals surface area contributed by atoms with Crippen LogP contribution >= 0.6 is 0 Å². The van der Waals surface area contributed by atoms with E-state index in [0.29, 0.717) is 17.7 Å². The molecule has 4 nitrogen and oxygen atoms in total. The summed E-state index contributed by atoms with van der Waals surface area (Å²) in [6, 6.07) is 0. The van der Waals surface area contributed by atoms with Crippen LogP contribution < -0.4 is 5.32 Å².